The fourth-order valence-corrected chi connectivity index (χ4v) is 8.84. The number of fused-ring (bicyclic) bond motifs is 4. The van der Waals surface area contributed by atoms with Gasteiger partial charge in [-0.05, 0) is 49.7 Å². The van der Waals surface area contributed by atoms with Crippen molar-refractivity contribution in [1.29, 1.82) is 0 Å². The molecular formula is C26H33N3O7S2. The molecule has 2 saturated heterocycles. The van der Waals surface area contributed by atoms with E-state index in [1.165, 1.54) is 16.4 Å². The standard InChI is InChI=1S/C26H33N3O7S2/c1-17-11-21(30)24(33)25(36-17)26(5-8-37-9-6-26)13-22(31)27-7-10-38(34,35)28-14-18-12-19(16-28)20-3-2-4-23(32)29(20)15-18/h2-4,11,18-19,33H,5-10,12-16H2,1H3,(H,27,31). The molecule has 0 aliphatic carbocycles. The average molecular weight is 564 g/mol. The highest BCUT2D eigenvalue weighted by Crippen LogP contribution is 2.44. The number of carbonyl (C=O) groups is 1. The summed E-state index contributed by atoms with van der Waals surface area (Å²) in [5, 5.41) is 13.2. The topological polar surface area (TPSA) is 139 Å². The molecule has 2 fully saturated rings. The zero-order valence-corrected chi connectivity index (χ0v) is 23.0. The maximum Gasteiger partial charge on any atom is 0.250 e. The molecule has 2 bridgehead atoms. The molecule has 0 saturated carbocycles. The number of aryl methyl sites for hydroxylation is 1. The molecule has 2 unspecified atom stereocenters. The number of thioether (sulfide) groups is 1. The summed E-state index contributed by atoms with van der Waals surface area (Å²) in [5.74, 6) is 1.03. The van der Waals surface area contributed by atoms with Gasteiger partial charge in [0.25, 0.3) is 5.56 Å². The molecular weight excluding hydrogens is 530 g/mol. The van der Waals surface area contributed by atoms with Gasteiger partial charge in [-0.15, -0.1) is 0 Å². The summed E-state index contributed by atoms with van der Waals surface area (Å²) in [6.07, 6.45) is 1.97. The Morgan fingerprint density at radius 3 is 2.74 bits per heavy atom. The smallest absolute Gasteiger partial charge is 0.250 e. The minimum Gasteiger partial charge on any atom is -0.502 e. The quantitative estimate of drug-likeness (QED) is 0.517. The van der Waals surface area contributed by atoms with Crippen molar-refractivity contribution >= 4 is 27.7 Å². The summed E-state index contributed by atoms with van der Waals surface area (Å²) in [6.45, 7) is 2.78. The van der Waals surface area contributed by atoms with Crippen LogP contribution in [0.15, 0.2) is 38.3 Å². The summed E-state index contributed by atoms with van der Waals surface area (Å²) >= 11 is 1.74. The number of amides is 1. The third-order valence-corrected chi connectivity index (χ3v) is 10.8. The Labute approximate surface area is 225 Å². The van der Waals surface area contributed by atoms with Crippen LogP contribution >= 0.6 is 11.8 Å². The van der Waals surface area contributed by atoms with E-state index < -0.39 is 26.6 Å². The zero-order chi connectivity index (χ0) is 27.1. The largest absolute Gasteiger partial charge is 0.502 e. The number of hydrogen-bond acceptors (Lipinski definition) is 8. The first-order chi connectivity index (χ1) is 18.1. The van der Waals surface area contributed by atoms with Crippen LogP contribution in [-0.4, -0.2) is 65.2 Å². The van der Waals surface area contributed by atoms with Gasteiger partial charge in [0.2, 0.25) is 27.1 Å². The van der Waals surface area contributed by atoms with Gasteiger partial charge in [-0.1, -0.05) is 6.07 Å². The number of carbonyl (C=O) groups excluding carboxylic acids is 1. The molecule has 3 aliphatic heterocycles. The molecule has 38 heavy (non-hydrogen) atoms. The third kappa shape index (κ3) is 5.30. The van der Waals surface area contributed by atoms with Crippen molar-refractivity contribution in [2.45, 2.75) is 50.5 Å². The number of nitrogens with one attached hydrogen (secondary N) is 1. The van der Waals surface area contributed by atoms with Crippen molar-refractivity contribution in [2.75, 3.05) is 36.9 Å². The van der Waals surface area contributed by atoms with Crippen molar-refractivity contribution in [3.8, 4) is 5.75 Å². The van der Waals surface area contributed by atoms with E-state index in [1.807, 2.05) is 6.07 Å². The SMILES string of the molecule is Cc1cc(=O)c(O)c(C2(CC(=O)NCCS(=O)(=O)N3CC4CC(C3)c3cccc(=O)n3C4)CCSCC2)o1. The molecule has 206 valence electrons. The van der Waals surface area contributed by atoms with E-state index in [-0.39, 0.29) is 47.8 Å². The number of rotatable bonds is 7. The predicted molar refractivity (Wildman–Crippen MR) is 144 cm³/mol. The predicted octanol–water partition coefficient (Wildman–Crippen LogP) is 1.54. The lowest BCUT2D eigenvalue weighted by atomic mass is 9.75. The van der Waals surface area contributed by atoms with Gasteiger partial charge in [0, 0.05) is 61.8 Å². The van der Waals surface area contributed by atoms with Crippen molar-refractivity contribution in [1.82, 2.24) is 14.2 Å². The summed E-state index contributed by atoms with van der Waals surface area (Å²) in [4.78, 5) is 37.5. The second kappa shape index (κ2) is 10.5. The first-order valence-electron chi connectivity index (χ1n) is 12.9. The monoisotopic (exact) mass is 563 g/mol. The maximum atomic E-state index is 13.2. The van der Waals surface area contributed by atoms with Crippen LogP contribution in [0.3, 0.4) is 0 Å². The number of pyridine rings is 1. The van der Waals surface area contributed by atoms with Gasteiger partial charge in [-0.25, -0.2) is 12.7 Å². The Morgan fingerprint density at radius 1 is 1.21 bits per heavy atom. The molecule has 1 amide bonds. The molecule has 5 rings (SSSR count). The summed E-state index contributed by atoms with van der Waals surface area (Å²) in [5.41, 5.74) is -0.529. The van der Waals surface area contributed by atoms with Crippen molar-refractivity contribution < 1.29 is 22.7 Å². The molecule has 2 aromatic heterocycles. The highest BCUT2D eigenvalue weighted by atomic mass is 32.2. The van der Waals surface area contributed by atoms with E-state index in [2.05, 4.69) is 5.32 Å². The molecule has 2 aromatic rings. The zero-order valence-electron chi connectivity index (χ0n) is 21.3. The van der Waals surface area contributed by atoms with Gasteiger partial charge in [-0.2, -0.15) is 11.8 Å². The van der Waals surface area contributed by atoms with Gasteiger partial charge < -0.3 is 19.4 Å². The van der Waals surface area contributed by atoms with Crippen LogP contribution in [-0.2, 0) is 26.8 Å². The number of hydrogen-bond donors (Lipinski definition) is 2. The number of nitrogens with zero attached hydrogens (tertiary/aromatic N) is 2. The van der Waals surface area contributed by atoms with Crippen molar-refractivity contribution in [3.63, 3.8) is 0 Å². The Bertz CT molecular complexity index is 1440. The Kier molecular flexibility index (Phi) is 7.49. The third-order valence-electron chi connectivity index (χ3n) is 8.00. The van der Waals surface area contributed by atoms with Crippen molar-refractivity contribution in [3.05, 3.63) is 62.1 Å². The van der Waals surface area contributed by atoms with Crippen LogP contribution < -0.4 is 16.3 Å². The molecule has 10 nitrogen and oxygen atoms in total. The fourth-order valence-electron chi connectivity index (χ4n) is 6.11. The lowest BCUT2D eigenvalue weighted by Crippen LogP contribution is -2.50. The second-order valence-electron chi connectivity index (χ2n) is 10.6. The molecule has 5 heterocycles. The minimum absolute atomic E-state index is 0.00698. The summed E-state index contributed by atoms with van der Waals surface area (Å²) in [7, 11) is -3.62. The van der Waals surface area contributed by atoms with Gasteiger partial charge >= 0.3 is 0 Å². The fraction of sp³-hybridized carbons (Fsp3) is 0.577. The van der Waals surface area contributed by atoms with Gasteiger partial charge in [0.05, 0.1) is 5.75 Å². The minimum atomic E-state index is -3.62. The normalized spacial score (nSPS) is 23.0. The van der Waals surface area contributed by atoms with Crippen LogP contribution in [0.2, 0.25) is 0 Å². The molecule has 0 spiro atoms. The van der Waals surface area contributed by atoms with Crippen LogP contribution in [0.1, 0.15) is 48.8 Å². The highest BCUT2D eigenvalue weighted by Gasteiger charge is 2.42. The van der Waals surface area contributed by atoms with Gasteiger partial charge in [0.15, 0.2) is 5.76 Å². The summed E-state index contributed by atoms with van der Waals surface area (Å²) in [6, 6.07) is 6.37. The molecule has 2 N–H and O–H groups in total. The molecule has 0 radical (unpaired) electrons. The average Bonchev–Trinajstić information content (AvgIpc) is 2.87. The maximum absolute atomic E-state index is 13.2. The molecule has 2 atom stereocenters. The van der Waals surface area contributed by atoms with Crippen LogP contribution in [0.5, 0.6) is 5.75 Å². The lowest BCUT2D eigenvalue weighted by Gasteiger charge is -2.42. The van der Waals surface area contributed by atoms with Crippen LogP contribution in [0.4, 0.5) is 0 Å². The summed E-state index contributed by atoms with van der Waals surface area (Å²) < 4.78 is 35.4. The highest BCUT2D eigenvalue weighted by molar-refractivity contribution is 7.99. The number of aromatic nitrogens is 1. The Balaban J connectivity index is 1.23. The van der Waals surface area contributed by atoms with Crippen molar-refractivity contribution in [2.24, 2.45) is 5.92 Å². The lowest BCUT2D eigenvalue weighted by molar-refractivity contribution is -0.122. The first-order valence-corrected chi connectivity index (χ1v) is 15.7. The number of sulfonamides is 1. The van der Waals surface area contributed by atoms with E-state index in [0.29, 0.717) is 38.2 Å². The van der Waals surface area contributed by atoms with E-state index in [0.717, 1.165) is 23.6 Å². The first kappa shape index (κ1) is 27.0. The Morgan fingerprint density at radius 2 is 1.97 bits per heavy atom. The number of piperidine rings is 1. The van der Waals surface area contributed by atoms with Crippen LogP contribution in [0, 0.1) is 12.8 Å². The van der Waals surface area contributed by atoms with E-state index in [1.54, 1.807) is 29.3 Å². The van der Waals surface area contributed by atoms with Gasteiger partial charge in [0.1, 0.15) is 5.76 Å². The molecule has 3 aliphatic rings. The Hall–Kier alpha value is -2.57. The molecule has 12 heteroatoms. The van der Waals surface area contributed by atoms with E-state index in [4.69, 9.17) is 4.42 Å². The van der Waals surface area contributed by atoms with E-state index in [9.17, 15) is 27.9 Å². The second-order valence-corrected chi connectivity index (χ2v) is 14.0. The number of aromatic hydroxyl groups is 1. The van der Waals surface area contributed by atoms with Gasteiger partial charge in [-0.3, -0.25) is 14.4 Å². The van der Waals surface area contributed by atoms with E-state index >= 15 is 0 Å². The van der Waals surface area contributed by atoms with Crippen LogP contribution in [0.25, 0.3) is 0 Å². The molecule has 0 aromatic carbocycles.